The maximum Gasteiger partial charge on any atom is 0.0693 e. The fourth-order valence-corrected chi connectivity index (χ4v) is 6.97. The van der Waals surface area contributed by atoms with E-state index < -0.39 is 0 Å². The van der Waals surface area contributed by atoms with Crippen LogP contribution < -0.4 is 0 Å². The zero-order valence-corrected chi connectivity index (χ0v) is 14.4. The largest absolute Gasteiger partial charge is 0.371 e. The molecule has 0 aromatic heterocycles. The minimum absolute atomic E-state index is 0.179. The standard InChI is InChI=1S/C20H32O/c1-13(2)14-6-9-18(3)12-16-19(4,10-7-15(14)18)17-8-11-20(16,5)21-17/h14-17H,1,6-12H2,2-5H3. The van der Waals surface area contributed by atoms with Gasteiger partial charge >= 0.3 is 0 Å². The summed E-state index contributed by atoms with van der Waals surface area (Å²) in [7, 11) is 0. The molecule has 1 nitrogen and oxygen atoms in total. The molecule has 0 amide bonds. The van der Waals surface area contributed by atoms with Gasteiger partial charge in [-0.25, -0.2) is 0 Å². The smallest absolute Gasteiger partial charge is 0.0693 e. The lowest BCUT2D eigenvalue weighted by atomic mass is 9.59. The summed E-state index contributed by atoms with van der Waals surface area (Å²) in [6.07, 6.45) is 10.1. The fraction of sp³-hybridized carbons (Fsp3) is 0.900. The molecule has 0 radical (unpaired) electrons. The molecular weight excluding hydrogens is 256 g/mol. The highest BCUT2D eigenvalue weighted by atomic mass is 16.5. The van der Waals surface area contributed by atoms with Crippen molar-refractivity contribution in [3.8, 4) is 0 Å². The van der Waals surface area contributed by atoms with E-state index in [1.165, 1.54) is 50.5 Å². The second-order valence-electron chi connectivity index (χ2n) is 9.51. The van der Waals surface area contributed by atoms with Crippen LogP contribution in [0.4, 0.5) is 0 Å². The maximum atomic E-state index is 6.52. The molecule has 118 valence electrons. The molecule has 2 bridgehead atoms. The van der Waals surface area contributed by atoms with Gasteiger partial charge in [-0.2, -0.15) is 0 Å². The summed E-state index contributed by atoms with van der Waals surface area (Å²) in [6.45, 7) is 14.1. The van der Waals surface area contributed by atoms with Crippen molar-refractivity contribution in [1.82, 2.24) is 0 Å². The number of allylic oxidation sites excluding steroid dienone is 1. The molecule has 4 rings (SSSR count). The van der Waals surface area contributed by atoms with Crippen LogP contribution in [0.25, 0.3) is 0 Å². The molecule has 7 atom stereocenters. The average Bonchev–Trinajstić information content (AvgIpc) is 2.98. The van der Waals surface area contributed by atoms with Gasteiger partial charge in [0.1, 0.15) is 0 Å². The van der Waals surface area contributed by atoms with Gasteiger partial charge in [0.2, 0.25) is 0 Å². The second kappa shape index (κ2) is 4.16. The summed E-state index contributed by atoms with van der Waals surface area (Å²) in [6, 6.07) is 0. The Morgan fingerprint density at radius 2 is 1.81 bits per heavy atom. The van der Waals surface area contributed by atoms with Crippen molar-refractivity contribution in [3.05, 3.63) is 12.2 Å². The Morgan fingerprint density at radius 3 is 2.52 bits per heavy atom. The topological polar surface area (TPSA) is 9.23 Å². The van der Waals surface area contributed by atoms with Gasteiger partial charge in [-0.15, -0.1) is 0 Å². The van der Waals surface area contributed by atoms with Crippen LogP contribution in [0.1, 0.15) is 72.6 Å². The fourth-order valence-electron chi connectivity index (χ4n) is 6.97. The average molecular weight is 288 g/mol. The van der Waals surface area contributed by atoms with E-state index in [1.54, 1.807) is 0 Å². The minimum Gasteiger partial charge on any atom is -0.371 e. The number of hydrogen-bond donors (Lipinski definition) is 0. The Kier molecular flexibility index (Phi) is 2.83. The van der Waals surface area contributed by atoms with Crippen LogP contribution in [0.5, 0.6) is 0 Å². The third-order valence-electron chi connectivity index (χ3n) is 8.29. The summed E-state index contributed by atoms with van der Waals surface area (Å²) in [5, 5.41) is 0. The summed E-state index contributed by atoms with van der Waals surface area (Å²) < 4.78 is 6.52. The zero-order valence-electron chi connectivity index (χ0n) is 14.4. The predicted molar refractivity (Wildman–Crippen MR) is 87.1 cm³/mol. The molecule has 0 spiro atoms. The number of fused-ring (bicyclic) bond motifs is 6. The summed E-state index contributed by atoms with van der Waals surface area (Å²) >= 11 is 0. The number of hydrogen-bond acceptors (Lipinski definition) is 1. The highest BCUT2D eigenvalue weighted by molar-refractivity contribution is 5.16. The van der Waals surface area contributed by atoms with E-state index in [4.69, 9.17) is 4.74 Å². The van der Waals surface area contributed by atoms with Crippen LogP contribution in [-0.2, 0) is 4.74 Å². The van der Waals surface area contributed by atoms with Crippen molar-refractivity contribution in [2.45, 2.75) is 84.3 Å². The van der Waals surface area contributed by atoms with Crippen LogP contribution in [0.15, 0.2) is 12.2 Å². The molecule has 4 aliphatic rings. The van der Waals surface area contributed by atoms with E-state index in [2.05, 4.69) is 34.3 Å². The first-order valence-electron chi connectivity index (χ1n) is 9.12. The summed E-state index contributed by atoms with van der Waals surface area (Å²) in [5.41, 5.74) is 2.59. The molecule has 0 aromatic rings. The monoisotopic (exact) mass is 288 g/mol. The summed E-state index contributed by atoms with van der Waals surface area (Å²) in [4.78, 5) is 0. The van der Waals surface area contributed by atoms with Gasteiger partial charge in [0.05, 0.1) is 11.7 Å². The molecule has 0 aromatic carbocycles. The van der Waals surface area contributed by atoms with E-state index in [0.717, 1.165) is 17.8 Å². The van der Waals surface area contributed by atoms with Gasteiger partial charge < -0.3 is 4.74 Å². The lowest BCUT2D eigenvalue weighted by Gasteiger charge is -2.43. The van der Waals surface area contributed by atoms with Crippen LogP contribution in [0.2, 0.25) is 0 Å². The lowest BCUT2D eigenvalue weighted by Crippen LogP contribution is -2.43. The first kappa shape index (κ1) is 14.3. The van der Waals surface area contributed by atoms with Crippen molar-refractivity contribution in [1.29, 1.82) is 0 Å². The van der Waals surface area contributed by atoms with Crippen molar-refractivity contribution in [2.24, 2.45) is 28.6 Å². The molecule has 2 saturated carbocycles. The van der Waals surface area contributed by atoms with E-state index in [1.807, 2.05) is 0 Å². The molecule has 2 saturated heterocycles. The van der Waals surface area contributed by atoms with Crippen molar-refractivity contribution in [3.63, 3.8) is 0 Å². The number of rotatable bonds is 1. The molecule has 0 N–H and O–H groups in total. The highest BCUT2D eigenvalue weighted by Gasteiger charge is 2.66. The van der Waals surface area contributed by atoms with E-state index in [-0.39, 0.29) is 5.60 Å². The van der Waals surface area contributed by atoms with E-state index >= 15 is 0 Å². The van der Waals surface area contributed by atoms with E-state index in [9.17, 15) is 0 Å². The second-order valence-corrected chi connectivity index (χ2v) is 9.51. The summed E-state index contributed by atoms with van der Waals surface area (Å²) in [5.74, 6) is 2.44. The Morgan fingerprint density at radius 1 is 1.05 bits per heavy atom. The Hall–Kier alpha value is -0.300. The van der Waals surface area contributed by atoms with Crippen LogP contribution in [0, 0.1) is 28.6 Å². The third-order valence-corrected chi connectivity index (χ3v) is 8.29. The van der Waals surface area contributed by atoms with Gasteiger partial charge in [0, 0.05) is 0 Å². The van der Waals surface area contributed by atoms with Gasteiger partial charge in [-0.3, -0.25) is 0 Å². The number of ether oxygens (including phenoxy) is 1. The molecule has 21 heavy (non-hydrogen) atoms. The highest BCUT2D eigenvalue weighted by Crippen LogP contribution is 2.68. The molecule has 4 fully saturated rings. The predicted octanol–water partition coefficient (Wildman–Crippen LogP) is 5.35. The molecule has 2 aliphatic heterocycles. The first-order valence-corrected chi connectivity index (χ1v) is 9.12. The van der Waals surface area contributed by atoms with Crippen LogP contribution >= 0.6 is 0 Å². The molecular formula is C20H32O. The normalized spacial score (nSPS) is 58.7. The van der Waals surface area contributed by atoms with Crippen LogP contribution in [0.3, 0.4) is 0 Å². The Labute approximate surface area is 130 Å². The molecule has 2 aliphatic carbocycles. The first-order chi connectivity index (χ1) is 9.79. The molecule has 2 heterocycles. The maximum absolute atomic E-state index is 6.52. The molecule has 1 heteroatoms. The quantitative estimate of drug-likeness (QED) is 0.591. The SMILES string of the molecule is C=C(C)C1CCC2(C)CC3C4(C)CCC(O4)C3(C)CCC12. The zero-order chi connectivity index (χ0) is 15.0. The van der Waals surface area contributed by atoms with Crippen molar-refractivity contribution < 1.29 is 4.74 Å². The Balaban J connectivity index is 1.70. The third kappa shape index (κ3) is 1.73. The van der Waals surface area contributed by atoms with Crippen molar-refractivity contribution in [2.75, 3.05) is 0 Å². The Bertz CT molecular complexity index is 482. The van der Waals surface area contributed by atoms with Crippen molar-refractivity contribution >= 4 is 0 Å². The van der Waals surface area contributed by atoms with Gasteiger partial charge in [-0.1, -0.05) is 26.0 Å². The van der Waals surface area contributed by atoms with Crippen LogP contribution in [-0.4, -0.2) is 11.7 Å². The van der Waals surface area contributed by atoms with E-state index in [0.29, 0.717) is 16.9 Å². The van der Waals surface area contributed by atoms with Gasteiger partial charge in [-0.05, 0) is 87.4 Å². The lowest BCUT2D eigenvalue weighted by molar-refractivity contribution is -0.00822. The molecule has 7 unspecified atom stereocenters. The van der Waals surface area contributed by atoms with Gasteiger partial charge in [0.15, 0.2) is 0 Å². The minimum atomic E-state index is 0.179. The van der Waals surface area contributed by atoms with Gasteiger partial charge in [0.25, 0.3) is 0 Å².